The Morgan fingerprint density at radius 3 is 2.79 bits per heavy atom. The number of hydrogen-bond donors (Lipinski definition) is 0. The van der Waals surface area contributed by atoms with E-state index in [1.54, 1.807) is 4.90 Å². The quantitative estimate of drug-likeness (QED) is 0.386. The number of nitrogens with zero attached hydrogens (tertiary/aromatic N) is 4. The van der Waals surface area contributed by atoms with E-state index in [2.05, 4.69) is 10.0 Å². The standard InChI is InChI=1S/C8H14N4O2/c1-8(2,3)12-5-6(4-10-11-9)14-7(12)13/h6H,4-5H2,1-3H3. The van der Waals surface area contributed by atoms with Crippen molar-refractivity contribution in [2.24, 2.45) is 5.11 Å². The highest BCUT2D eigenvalue weighted by atomic mass is 16.6. The van der Waals surface area contributed by atoms with Crippen LogP contribution >= 0.6 is 0 Å². The van der Waals surface area contributed by atoms with Crippen LogP contribution in [0.2, 0.25) is 0 Å². The maximum absolute atomic E-state index is 11.4. The van der Waals surface area contributed by atoms with E-state index in [-0.39, 0.29) is 24.3 Å². The van der Waals surface area contributed by atoms with Gasteiger partial charge in [0.1, 0.15) is 6.10 Å². The molecule has 14 heavy (non-hydrogen) atoms. The van der Waals surface area contributed by atoms with Crippen molar-refractivity contribution in [2.75, 3.05) is 13.1 Å². The van der Waals surface area contributed by atoms with Crippen LogP contribution in [-0.4, -0.2) is 35.7 Å². The third-order valence-corrected chi connectivity index (χ3v) is 2.03. The number of ether oxygens (including phenoxy) is 1. The Bertz CT molecular complexity index is 278. The van der Waals surface area contributed by atoms with E-state index in [4.69, 9.17) is 10.3 Å². The molecule has 0 aromatic heterocycles. The van der Waals surface area contributed by atoms with Gasteiger partial charge in [0, 0.05) is 10.5 Å². The minimum absolute atomic E-state index is 0.203. The SMILES string of the molecule is CC(C)(C)N1CC(CN=[N+]=[N-])OC1=O. The summed E-state index contributed by atoms with van der Waals surface area (Å²) < 4.78 is 5.02. The van der Waals surface area contributed by atoms with Gasteiger partial charge in [0.2, 0.25) is 0 Å². The lowest BCUT2D eigenvalue weighted by atomic mass is 10.1. The van der Waals surface area contributed by atoms with Crippen LogP contribution in [0.25, 0.3) is 10.4 Å². The zero-order valence-electron chi connectivity index (χ0n) is 8.60. The fraction of sp³-hybridized carbons (Fsp3) is 0.875. The second-order valence-corrected chi connectivity index (χ2v) is 4.20. The number of amides is 1. The summed E-state index contributed by atoms with van der Waals surface area (Å²) in [6.45, 7) is 6.49. The van der Waals surface area contributed by atoms with Crippen LogP contribution in [0.5, 0.6) is 0 Å². The first-order valence-electron chi connectivity index (χ1n) is 4.44. The van der Waals surface area contributed by atoms with E-state index in [1.807, 2.05) is 20.8 Å². The van der Waals surface area contributed by atoms with Crippen molar-refractivity contribution in [3.63, 3.8) is 0 Å². The average molecular weight is 198 g/mol. The number of rotatable bonds is 2. The number of azide groups is 1. The third kappa shape index (κ3) is 2.29. The van der Waals surface area contributed by atoms with Gasteiger partial charge in [-0.1, -0.05) is 5.11 Å². The van der Waals surface area contributed by atoms with E-state index in [9.17, 15) is 4.79 Å². The number of cyclic esters (lactones) is 1. The maximum atomic E-state index is 11.4. The highest BCUT2D eigenvalue weighted by molar-refractivity contribution is 5.70. The zero-order chi connectivity index (χ0) is 10.8. The minimum Gasteiger partial charge on any atom is -0.444 e. The number of carbonyl (C=O) groups is 1. The molecule has 0 aromatic rings. The lowest BCUT2D eigenvalue weighted by Gasteiger charge is -2.29. The molecule has 6 heteroatoms. The Morgan fingerprint density at radius 2 is 2.36 bits per heavy atom. The molecule has 1 aliphatic heterocycles. The van der Waals surface area contributed by atoms with Crippen LogP contribution in [0.1, 0.15) is 20.8 Å². The van der Waals surface area contributed by atoms with Crippen LogP contribution in [0.3, 0.4) is 0 Å². The fourth-order valence-corrected chi connectivity index (χ4v) is 1.29. The Hall–Kier alpha value is -1.42. The molecule has 6 nitrogen and oxygen atoms in total. The summed E-state index contributed by atoms with van der Waals surface area (Å²) in [4.78, 5) is 15.6. The summed E-state index contributed by atoms with van der Waals surface area (Å²) >= 11 is 0. The van der Waals surface area contributed by atoms with Crippen LogP contribution in [0.15, 0.2) is 5.11 Å². The van der Waals surface area contributed by atoms with Crippen molar-refractivity contribution in [3.05, 3.63) is 10.4 Å². The van der Waals surface area contributed by atoms with Gasteiger partial charge in [0.25, 0.3) is 0 Å². The fourth-order valence-electron chi connectivity index (χ4n) is 1.29. The van der Waals surface area contributed by atoms with E-state index in [0.717, 1.165) is 0 Å². The molecule has 1 saturated heterocycles. The molecule has 1 unspecified atom stereocenters. The van der Waals surface area contributed by atoms with Gasteiger partial charge < -0.3 is 4.74 Å². The van der Waals surface area contributed by atoms with Crippen molar-refractivity contribution in [2.45, 2.75) is 32.4 Å². The number of carbonyl (C=O) groups excluding carboxylic acids is 1. The highest BCUT2D eigenvalue weighted by Crippen LogP contribution is 2.21. The van der Waals surface area contributed by atoms with E-state index < -0.39 is 0 Å². The summed E-state index contributed by atoms with van der Waals surface area (Å²) in [7, 11) is 0. The average Bonchev–Trinajstić information content (AvgIpc) is 2.42. The second-order valence-electron chi connectivity index (χ2n) is 4.20. The van der Waals surface area contributed by atoms with E-state index in [1.165, 1.54) is 0 Å². The first-order valence-corrected chi connectivity index (χ1v) is 4.44. The first kappa shape index (κ1) is 10.7. The Balaban J connectivity index is 2.60. The van der Waals surface area contributed by atoms with Crippen molar-refractivity contribution in [3.8, 4) is 0 Å². The van der Waals surface area contributed by atoms with Crippen molar-refractivity contribution < 1.29 is 9.53 Å². The molecular weight excluding hydrogens is 184 g/mol. The van der Waals surface area contributed by atoms with Crippen molar-refractivity contribution >= 4 is 6.09 Å². The van der Waals surface area contributed by atoms with Gasteiger partial charge in [-0.25, -0.2) is 4.79 Å². The van der Waals surface area contributed by atoms with Gasteiger partial charge in [0.05, 0.1) is 13.1 Å². The molecule has 1 atom stereocenters. The molecule has 1 aliphatic rings. The van der Waals surface area contributed by atoms with Crippen molar-refractivity contribution in [1.29, 1.82) is 0 Å². The van der Waals surface area contributed by atoms with Crippen LogP contribution in [0.4, 0.5) is 4.79 Å². The summed E-state index contributed by atoms with van der Waals surface area (Å²) in [5.41, 5.74) is 7.87. The molecule has 0 N–H and O–H groups in total. The van der Waals surface area contributed by atoms with Crippen molar-refractivity contribution in [1.82, 2.24) is 4.90 Å². The topological polar surface area (TPSA) is 78.3 Å². The largest absolute Gasteiger partial charge is 0.444 e. The molecule has 1 rings (SSSR count). The van der Waals surface area contributed by atoms with Crippen LogP contribution in [0, 0.1) is 0 Å². The molecule has 0 radical (unpaired) electrons. The Kier molecular flexibility index (Phi) is 2.86. The molecule has 0 spiro atoms. The lowest BCUT2D eigenvalue weighted by molar-refractivity contribution is 0.121. The van der Waals surface area contributed by atoms with Gasteiger partial charge >= 0.3 is 6.09 Å². The van der Waals surface area contributed by atoms with Gasteiger partial charge in [-0.05, 0) is 26.3 Å². The van der Waals surface area contributed by atoms with Gasteiger partial charge in [-0.15, -0.1) is 0 Å². The normalized spacial score (nSPS) is 21.8. The molecule has 1 heterocycles. The monoisotopic (exact) mass is 198 g/mol. The Labute approximate surface area is 82.5 Å². The lowest BCUT2D eigenvalue weighted by Crippen LogP contribution is -2.42. The zero-order valence-corrected chi connectivity index (χ0v) is 8.60. The molecule has 0 bridgehead atoms. The summed E-state index contributed by atoms with van der Waals surface area (Å²) in [6.07, 6.45) is -0.645. The predicted octanol–water partition coefficient (Wildman–Crippen LogP) is 1.92. The molecule has 0 saturated carbocycles. The maximum Gasteiger partial charge on any atom is 0.410 e. The predicted molar refractivity (Wildman–Crippen MR) is 50.7 cm³/mol. The van der Waals surface area contributed by atoms with Crippen LogP contribution < -0.4 is 0 Å². The molecule has 0 aromatic carbocycles. The molecule has 1 amide bonds. The second kappa shape index (κ2) is 3.75. The van der Waals surface area contributed by atoms with E-state index in [0.29, 0.717) is 6.54 Å². The molecular formula is C8H14N4O2. The summed E-state index contributed by atoms with van der Waals surface area (Å²) in [6, 6.07) is 0. The number of hydrogen-bond acceptors (Lipinski definition) is 3. The Morgan fingerprint density at radius 1 is 1.71 bits per heavy atom. The van der Waals surface area contributed by atoms with Gasteiger partial charge in [-0.2, -0.15) is 0 Å². The van der Waals surface area contributed by atoms with Gasteiger partial charge in [0.15, 0.2) is 0 Å². The third-order valence-electron chi connectivity index (χ3n) is 2.03. The minimum atomic E-state index is -0.337. The van der Waals surface area contributed by atoms with Gasteiger partial charge in [-0.3, -0.25) is 4.90 Å². The van der Waals surface area contributed by atoms with Crippen LogP contribution in [-0.2, 0) is 4.74 Å². The first-order chi connectivity index (χ1) is 6.45. The van der Waals surface area contributed by atoms with E-state index >= 15 is 0 Å². The molecule has 1 fully saturated rings. The summed E-state index contributed by atoms with van der Waals surface area (Å²) in [5, 5.41) is 3.38. The highest BCUT2D eigenvalue weighted by Gasteiger charge is 2.37. The smallest absolute Gasteiger partial charge is 0.410 e. The molecule has 78 valence electrons. The molecule has 0 aliphatic carbocycles. The summed E-state index contributed by atoms with van der Waals surface area (Å²) in [5.74, 6) is 0.